The van der Waals surface area contributed by atoms with Crippen LogP contribution in [0.3, 0.4) is 0 Å². The summed E-state index contributed by atoms with van der Waals surface area (Å²) in [6, 6.07) is 14.4. The van der Waals surface area contributed by atoms with E-state index in [0.29, 0.717) is 12.5 Å². The lowest BCUT2D eigenvalue weighted by Gasteiger charge is -2.34. The molecule has 0 bridgehead atoms. The number of halogens is 4. The molecule has 0 aromatic heterocycles. The summed E-state index contributed by atoms with van der Waals surface area (Å²) in [4.78, 5) is 6.74. The Morgan fingerprint density at radius 3 is 2.48 bits per heavy atom. The molecule has 0 saturated carbocycles. The van der Waals surface area contributed by atoms with Gasteiger partial charge in [0.25, 0.3) is 0 Å². The topological polar surface area (TPSA) is 48.9 Å². The van der Waals surface area contributed by atoms with E-state index >= 15 is 0 Å². The van der Waals surface area contributed by atoms with Gasteiger partial charge in [0.2, 0.25) is 0 Å². The van der Waals surface area contributed by atoms with Gasteiger partial charge in [-0.1, -0.05) is 24.3 Å². The lowest BCUT2D eigenvalue weighted by Crippen LogP contribution is -2.48. The van der Waals surface area contributed by atoms with Crippen molar-refractivity contribution in [1.29, 1.82) is 0 Å². The zero-order chi connectivity index (χ0) is 21.3. The minimum atomic E-state index is -3.02. The van der Waals surface area contributed by atoms with Gasteiger partial charge in [0.15, 0.2) is 5.96 Å². The molecule has 1 aliphatic heterocycles. The first-order valence-corrected chi connectivity index (χ1v) is 10.1. The molecule has 1 fully saturated rings. The number of hydrogen-bond donors (Lipinski definition) is 2. The number of ether oxygens (including phenoxy) is 1. The molecule has 0 aliphatic carbocycles. The molecule has 31 heavy (non-hydrogen) atoms. The van der Waals surface area contributed by atoms with Gasteiger partial charge in [-0.3, -0.25) is 0 Å². The van der Waals surface area contributed by atoms with E-state index in [4.69, 9.17) is 0 Å². The zero-order valence-electron chi connectivity index (χ0n) is 17.4. The summed E-state index contributed by atoms with van der Waals surface area (Å²) in [5.74, 6) is -0.286. The molecule has 0 atom stereocenters. The normalized spacial score (nSPS) is 14.9. The summed E-state index contributed by atoms with van der Waals surface area (Å²) in [7, 11) is 0. The second kappa shape index (κ2) is 12.6. The van der Waals surface area contributed by atoms with Gasteiger partial charge >= 0.3 is 6.61 Å². The second-order valence-electron chi connectivity index (χ2n) is 7.03. The number of benzene rings is 2. The van der Waals surface area contributed by atoms with E-state index < -0.39 is 12.4 Å². The van der Waals surface area contributed by atoms with Crippen molar-refractivity contribution in [2.75, 3.05) is 24.5 Å². The van der Waals surface area contributed by atoms with Crippen LogP contribution in [0.2, 0.25) is 0 Å². The lowest BCUT2D eigenvalue weighted by atomic mass is 10.0. The molecule has 5 nitrogen and oxygen atoms in total. The van der Waals surface area contributed by atoms with Crippen LogP contribution in [0.4, 0.5) is 18.9 Å². The number of nitrogens with zero attached hydrogens (tertiary/aromatic N) is 2. The van der Waals surface area contributed by atoms with Gasteiger partial charge in [-0.05, 0) is 44.0 Å². The van der Waals surface area contributed by atoms with Crippen LogP contribution in [0, 0.1) is 5.82 Å². The van der Waals surface area contributed by atoms with Crippen LogP contribution in [0.15, 0.2) is 53.5 Å². The largest absolute Gasteiger partial charge is 0.434 e. The summed E-state index contributed by atoms with van der Waals surface area (Å²) in [5, 5.41) is 6.52. The summed E-state index contributed by atoms with van der Waals surface area (Å²) >= 11 is 0. The van der Waals surface area contributed by atoms with E-state index in [2.05, 4.69) is 37.4 Å². The standard InChI is InChI=1S/C22H27F3N4O.HI/c1-2-26-22(27-15-18-19(23)9-6-10-20(18)30-21(24)25)28-16-11-13-29(14-12-16)17-7-4-3-5-8-17;/h3-10,16,21H,2,11-15H2,1H3,(H2,26,27,28);1H. The highest BCUT2D eigenvalue weighted by Gasteiger charge is 2.20. The Morgan fingerprint density at radius 2 is 1.84 bits per heavy atom. The molecular weight excluding hydrogens is 520 g/mol. The molecule has 0 spiro atoms. The fourth-order valence-corrected chi connectivity index (χ4v) is 3.49. The van der Waals surface area contributed by atoms with Gasteiger partial charge in [0.1, 0.15) is 11.6 Å². The van der Waals surface area contributed by atoms with Crippen molar-refractivity contribution in [3.63, 3.8) is 0 Å². The fourth-order valence-electron chi connectivity index (χ4n) is 3.49. The number of aliphatic imine (C=N–C) groups is 1. The fraction of sp³-hybridized carbons (Fsp3) is 0.409. The highest BCUT2D eigenvalue weighted by Crippen LogP contribution is 2.24. The van der Waals surface area contributed by atoms with Crippen LogP contribution in [0.25, 0.3) is 0 Å². The molecule has 170 valence electrons. The molecule has 1 heterocycles. The Morgan fingerprint density at radius 1 is 1.13 bits per heavy atom. The van der Waals surface area contributed by atoms with Crippen LogP contribution in [0.1, 0.15) is 25.3 Å². The monoisotopic (exact) mass is 548 g/mol. The Labute approximate surface area is 198 Å². The third-order valence-electron chi connectivity index (χ3n) is 4.99. The number of guanidine groups is 1. The minimum absolute atomic E-state index is 0. The van der Waals surface area contributed by atoms with Crippen molar-refractivity contribution >= 4 is 35.6 Å². The third-order valence-corrected chi connectivity index (χ3v) is 4.99. The molecule has 2 aromatic carbocycles. The maximum absolute atomic E-state index is 14.2. The molecular formula is C22H28F3IN4O. The zero-order valence-corrected chi connectivity index (χ0v) is 19.7. The Bertz CT molecular complexity index is 831. The highest BCUT2D eigenvalue weighted by molar-refractivity contribution is 14.0. The van der Waals surface area contributed by atoms with Crippen LogP contribution in [-0.2, 0) is 6.54 Å². The first-order valence-electron chi connectivity index (χ1n) is 10.1. The van der Waals surface area contributed by atoms with Gasteiger partial charge in [-0.25, -0.2) is 9.38 Å². The number of hydrogen-bond acceptors (Lipinski definition) is 3. The average molecular weight is 548 g/mol. The number of alkyl halides is 2. The predicted molar refractivity (Wildman–Crippen MR) is 128 cm³/mol. The van der Waals surface area contributed by atoms with E-state index in [-0.39, 0.29) is 47.9 Å². The molecule has 9 heteroatoms. The van der Waals surface area contributed by atoms with Crippen molar-refractivity contribution < 1.29 is 17.9 Å². The van der Waals surface area contributed by atoms with Crippen molar-refractivity contribution in [1.82, 2.24) is 10.6 Å². The minimum Gasteiger partial charge on any atom is -0.434 e. The molecule has 1 aliphatic rings. The third kappa shape index (κ3) is 7.48. The summed E-state index contributed by atoms with van der Waals surface area (Å²) in [6.07, 6.45) is 1.86. The Hall–Kier alpha value is -2.17. The molecule has 0 unspecified atom stereocenters. The highest BCUT2D eigenvalue weighted by atomic mass is 127. The maximum Gasteiger partial charge on any atom is 0.387 e. The van der Waals surface area contributed by atoms with Gasteiger partial charge in [0.05, 0.1) is 12.1 Å². The molecule has 3 rings (SSSR count). The van der Waals surface area contributed by atoms with E-state index in [1.54, 1.807) is 0 Å². The van der Waals surface area contributed by atoms with Crippen molar-refractivity contribution in [3.05, 3.63) is 59.9 Å². The quantitative estimate of drug-likeness (QED) is 0.298. The Kier molecular flexibility index (Phi) is 10.2. The van der Waals surface area contributed by atoms with Gasteiger partial charge in [0, 0.05) is 31.4 Å². The maximum atomic E-state index is 14.2. The SMILES string of the molecule is CCNC(=NCc1c(F)cccc1OC(F)F)NC1CCN(c2ccccc2)CC1.I. The second-order valence-corrected chi connectivity index (χ2v) is 7.03. The van der Waals surface area contributed by atoms with Gasteiger partial charge in [-0.2, -0.15) is 8.78 Å². The average Bonchev–Trinajstić information content (AvgIpc) is 2.74. The number of anilines is 1. The van der Waals surface area contributed by atoms with Crippen LogP contribution < -0.4 is 20.3 Å². The predicted octanol–water partition coefficient (Wildman–Crippen LogP) is 4.77. The first-order chi connectivity index (χ1) is 14.6. The molecule has 1 saturated heterocycles. The molecule has 2 N–H and O–H groups in total. The van der Waals surface area contributed by atoms with Crippen molar-refractivity contribution in [2.45, 2.75) is 39.0 Å². The summed E-state index contributed by atoms with van der Waals surface area (Å²) < 4.78 is 43.8. The molecule has 0 radical (unpaired) electrons. The number of piperidine rings is 1. The van der Waals surface area contributed by atoms with Crippen LogP contribution >= 0.6 is 24.0 Å². The van der Waals surface area contributed by atoms with Crippen molar-refractivity contribution in [3.8, 4) is 5.75 Å². The van der Waals surface area contributed by atoms with E-state index in [1.165, 1.54) is 23.9 Å². The summed E-state index contributed by atoms with van der Waals surface area (Å²) in [5.41, 5.74) is 1.22. The molecule has 2 aromatic rings. The molecule has 0 amide bonds. The number of para-hydroxylation sites is 1. The van der Waals surface area contributed by atoms with Crippen LogP contribution in [-0.4, -0.2) is 38.2 Å². The smallest absolute Gasteiger partial charge is 0.387 e. The van der Waals surface area contributed by atoms with Gasteiger partial charge in [-0.15, -0.1) is 24.0 Å². The van der Waals surface area contributed by atoms with Gasteiger partial charge < -0.3 is 20.3 Å². The number of nitrogens with one attached hydrogen (secondary N) is 2. The number of rotatable bonds is 7. The summed E-state index contributed by atoms with van der Waals surface area (Å²) in [6.45, 7) is 1.28. The van der Waals surface area contributed by atoms with E-state index in [0.717, 1.165) is 25.9 Å². The first kappa shape index (κ1) is 25.1. The lowest BCUT2D eigenvalue weighted by molar-refractivity contribution is -0.0506. The van der Waals surface area contributed by atoms with E-state index in [1.807, 2.05) is 25.1 Å². The Balaban J connectivity index is 0.00000341. The van der Waals surface area contributed by atoms with Crippen molar-refractivity contribution in [2.24, 2.45) is 4.99 Å². The van der Waals surface area contributed by atoms with E-state index in [9.17, 15) is 13.2 Å². The van der Waals surface area contributed by atoms with Crippen LogP contribution in [0.5, 0.6) is 5.75 Å².